The highest BCUT2D eigenvalue weighted by Gasteiger charge is 2.30. The number of sulfonamides is 1. The summed E-state index contributed by atoms with van der Waals surface area (Å²) < 4.78 is 43.3. The Labute approximate surface area is 212 Å². The number of rotatable bonds is 7. The van der Waals surface area contributed by atoms with Crippen LogP contribution in [0.5, 0.6) is 5.75 Å². The number of aryl methyl sites for hydroxylation is 2. The molecule has 0 saturated carbocycles. The van der Waals surface area contributed by atoms with Gasteiger partial charge >= 0.3 is 0 Å². The Hall–Kier alpha value is -3.60. The van der Waals surface area contributed by atoms with Crippen LogP contribution in [0.1, 0.15) is 22.3 Å². The molecule has 5 aromatic rings. The van der Waals surface area contributed by atoms with Gasteiger partial charge in [0, 0.05) is 24.2 Å². The van der Waals surface area contributed by atoms with Gasteiger partial charge < -0.3 is 9.72 Å². The minimum atomic E-state index is -4.06. The van der Waals surface area contributed by atoms with E-state index in [-0.39, 0.29) is 23.5 Å². The second-order valence-electron chi connectivity index (χ2n) is 8.68. The first-order valence-electron chi connectivity index (χ1n) is 11.2. The summed E-state index contributed by atoms with van der Waals surface area (Å²) in [7, 11) is -2.49. The monoisotopic (exact) mass is 520 g/mol. The molecular formula is C26H24N4O4S2. The van der Waals surface area contributed by atoms with Gasteiger partial charge in [-0.15, -0.1) is 0 Å². The standard InChI is InChI=1S/C26H24N4O4S2/c1-16-4-8-19-13-20(26(31)27-23(19)12-16)15-30(14-18-6-9-21(34-3)10-7-18)36(32,33)25-17(2)5-11-22-24(25)29-35-28-22/h4-13H,14-15H2,1-3H3,(H,27,31). The topological polar surface area (TPSA) is 105 Å². The molecule has 1 N–H and O–H groups in total. The molecule has 2 aromatic heterocycles. The Morgan fingerprint density at radius 2 is 1.75 bits per heavy atom. The maximum absolute atomic E-state index is 14.1. The number of nitrogens with one attached hydrogen (secondary N) is 1. The zero-order valence-electron chi connectivity index (χ0n) is 20.0. The molecule has 36 heavy (non-hydrogen) atoms. The van der Waals surface area contributed by atoms with Gasteiger partial charge in [0.05, 0.1) is 18.8 Å². The Bertz CT molecular complexity index is 1740. The first kappa shape index (κ1) is 24.1. The van der Waals surface area contributed by atoms with Gasteiger partial charge in [-0.1, -0.05) is 30.3 Å². The third-order valence-electron chi connectivity index (χ3n) is 6.12. The van der Waals surface area contributed by atoms with Gasteiger partial charge in [-0.05, 0) is 66.3 Å². The lowest BCUT2D eigenvalue weighted by Gasteiger charge is -2.23. The van der Waals surface area contributed by atoms with Crippen molar-refractivity contribution in [2.45, 2.75) is 31.8 Å². The van der Waals surface area contributed by atoms with Crippen LogP contribution in [-0.4, -0.2) is 33.6 Å². The van der Waals surface area contributed by atoms with Crippen LogP contribution in [0, 0.1) is 13.8 Å². The summed E-state index contributed by atoms with van der Waals surface area (Å²) in [5, 5.41) is 0.832. The summed E-state index contributed by atoms with van der Waals surface area (Å²) in [5.41, 5.74) is 3.94. The summed E-state index contributed by atoms with van der Waals surface area (Å²) in [5.74, 6) is 0.670. The van der Waals surface area contributed by atoms with E-state index in [9.17, 15) is 13.2 Å². The molecule has 0 aliphatic rings. The van der Waals surface area contributed by atoms with E-state index in [1.54, 1.807) is 44.4 Å². The van der Waals surface area contributed by atoms with Crippen molar-refractivity contribution in [1.29, 1.82) is 0 Å². The fraction of sp³-hybridized carbons (Fsp3) is 0.192. The quantitative estimate of drug-likeness (QED) is 0.338. The van der Waals surface area contributed by atoms with Crippen LogP contribution < -0.4 is 10.3 Å². The number of hydrogen-bond donors (Lipinski definition) is 1. The molecular weight excluding hydrogens is 496 g/mol. The molecule has 0 aliphatic carbocycles. The highest BCUT2D eigenvalue weighted by Crippen LogP contribution is 2.30. The average molecular weight is 521 g/mol. The van der Waals surface area contributed by atoms with Crippen LogP contribution in [-0.2, 0) is 23.1 Å². The number of hydrogen-bond acceptors (Lipinski definition) is 7. The van der Waals surface area contributed by atoms with Crippen molar-refractivity contribution in [1.82, 2.24) is 18.0 Å². The number of nitrogens with zero attached hydrogens (tertiary/aromatic N) is 3. The van der Waals surface area contributed by atoms with Crippen molar-refractivity contribution in [3.8, 4) is 5.75 Å². The summed E-state index contributed by atoms with van der Waals surface area (Å²) in [4.78, 5) is 16.0. The maximum Gasteiger partial charge on any atom is 0.252 e. The molecule has 184 valence electrons. The van der Waals surface area contributed by atoms with Crippen LogP contribution in [0.2, 0.25) is 0 Å². The normalized spacial score (nSPS) is 12.0. The van der Waals surface area contributed by atoms with Gasteiger partial charge in [0.15, 0.2) is 0 Å². The van der Waals surface area contributed by atoms with Crippen molar-refractivity contribution in [3.05, 3.63) is 93.3 Å². The molecule has 5 rings (SSSR count). The third-order valence-corrected chi connectivity index (χ3v) is 8.63. The zero-order chi connectivity index (χ0) is 25.4. The predicted molar refractivity (Wildman–Crippen MR) is 141 cm³/mol. The summed E-state index contributed by atoms with van der Waals surface area (Å²) in [6.45, 7) is 3.64. The number of aromatic amines is 1. The summed E-state index contributed by atoms with van der Waals surface area (Å²) in [6, 6.07) is 18.2. The Morgan fingerprint density at radius 1 is 0.972 bits per heavy atom. The molecule has 0 amide bonds. The molecule has 0 aliphatic heterocycles. The molecule has 0 spiro atoms. The van der Waals surface area contributed by atoms with Crippen molar-refractivity contribution in [2.24, 2.45) is 0 Å². The molecule has 0 atom stereocenters. The summed E-state index contributed by atoms with van der Waals surface area (Å²) >= 11 is 0.969. The molecule has 0 bridgehead atoms. The van der Waals surface area contributed by atoms with E-state index in [1.807, 2.05) is 37.3 Å². The van der Waals surface area contributed by atoms with E-state index < -0.39 is 10.0 Å². The molecule has 10 heteroatoms. The number of benzene rings is 3. The molecule has 0 unspecified atom stereocenters. The molecule has 0 saturated heterocycles. The number of fused-ring (bicyclic) bond motifs is 2. The number of aromatic nitrogens is 3. The smallest absolute Gasteiger partial charge is 0.252 e. The zero-order valence-corrected chi connectivity index (χ0v) is 21.6. The second kappa shape index (κ2) is 9.45. The highest BCUT2D eigenvalue weighted by molar-refractivity contribution is 7.89. The van der Waals surface area contributed by atoms with Gasteiger partial charge in [-0.2, -0.15) is 13.1 Å². The van der Waals surface area contributed by atoms with E-state index in [1.165, 1.54) is 4.31 Å². The van der Waals surface area contributed by atoms with Gasteiger partial charge in [0.2, 0.25) is 10.0 Å². The van der Waals surface area contributed by atoms with Gasteiger partial charge in [-0.25, -0.2) is 8.42 Å². The fourth-order valence-corrected chi connectivity index (χ4v) is 6.57. The van der Waals surface area contributed by atoms with Crippen molar-refractivity contribution >= 4 is 43.7 Å². The molecule has 0 radical (unpaired) electrons. The average Bonchev–Trinajstić information content (AvgIpc) is 3.32. The fourth-order valence-electron chi connectivity index (χ4n) is 4.21. The molecule has 3 aromatic carbocycles. The number of ether oxygens (including phenoxy) is 1. The Kier molecular flexibility index (Phi) is 6.33. The number of pyridine rings is 1. The second-order valence-corrected chi connectivity index (χ2v) is 11.1. The predicted octanol–water partition coefficient (Wildman–Crippen LogP) is 4.55. The van der Waals surface area contributed by atoms with Crippen molar-refractivity contribution in [2.75, 3.05) is 7.11 Å². The van der Waals surface area contributed by atoms with E-state index >= 15 is 0 Å². The van der Waals surface area contributed by atoms with Crippen LogP contribution >= 0.6 is 11.7 Å². The van der Waals surface area contributed by atoms with E-state index in [4.69, 9.17) is 4.74 Å². The largest absolute Gasteiger partial charge is 0.497 e. The lowest BCUT2D eigenvalue weighted by molar-refractivity contribution is 0.398. The Morgan fingerprint density at radius 3 is 2.50 bits per heavy atom. The van der Waals surface area contributed by atoms with Gasteiger partial charge in [-0.3, -0.25) is 4.79 Å². The van der Waals surface area contributed by atoms with Crippen LogP contribution in [0.4, 0.5) is 0 Å². The van der Waals surface area contributed by atoms with Crippen molar-refractivity contribution < 1.29 is 13.2 Å². The van der Waals surface area contributed by atoms with Crippen molar-refractivity contribution in [3.63, 3.8) is 0 Å². The lowest BCUT2D eigenvalue weighted by atomic mass is 10.1. The van der Waals surface area contributed by atoms with Gasteiger partial charge in [0.25, 0.3) is 5.56 Å². The minimum absolute atomic E-state index is 0.0606. The maximum atomic E-state index is 14.1. The molecule has 8 nitrogen and oxygen atoms in total. The summed E-state index contributed by atoms with van der Waals surface area (Å²) in [6.07, 6.45) is 0. The molecule has 0 fully saturated rings. The first-order chi connectivity index (χ1) is 17.3. The number of methoxy groups -OCH3 is 1. The number of H-pyrrole nitrogens is 1. The van der Waals surface area contributed by atoms with E-state index in [2.05, 4.69) is 13.7 Å². The SMILES string of the molecule is COc1ccc(CN(Cc2cc3ccc(C)cc3[nH]c2=O)S(=O)(=O)c2c(C)ccc3nsnc23)cc1. The third kappa shape index (κ3) is 4.50. The minimum Gasteiger partial charge on any atom is -0.497 e. The van der Waals surface area contributed by atoms with Crippen LogP contribution in [0.25, 0.3) is 21.9 Å². The lowest BCUT2D eigenvalue weighted by Crippen LogP contribution is -2.33. The van der Waals surface area contributed by atoms with Crippen LogP contribution in [0.15, 0.2) is 70.4 Å². The first-order valence-corrected chi connectivity index (χ1v) is 13.4. The van der Waals surface area contributed by atoms with E-state index in [0.717, 1.165) is 28.2 Å². The highest BCUT2D eigenvalue weighted by atomic mass is 32.2. The van der Waals surface area contributed by atoms with Gasteiger partial charge in [0.1, 0.15) is 21.7 Å². The van der Waals surface area contributed by atoms with Crippen LogP contribution in [0.3, 0.4) is 0 Å². The molecule has 2 heterocycles. The Balaban J connectivity index is 1.63. The van der Waals surface area contributed by atoms with E-state index in [0.29, 0.717) is 33.4 Å².